The Morgan fingerprint density at radius 3 is 2.67 bits per heavy atom. The average molecular weight is 244 g/mol. The Bertz CT molecular complexity index is 520. The lowest BCUT2D eigenvalue weighted by Gasteiger charge is -2.14. The van der Waals surface area contributed by atoms with Gasteiger partial charge in [-0.3, -0.25) is 4.79 Å². The van der Waals surface area contributed by atoms with Crippen LogP contribution in [-0.2, 0) is 18.3 Å². The molecule has 94 valence electrons. The lowest BCUT2D eigenvalue weighted by Crippen LogP contribution is -2.13. The number of hydrogen-bond donors (Lipinski definition) is 1. The number of benzene rings is 1. The van der Waals surface area contributed by atoms with E-state index in [1.165, 1.54) is 0 Å². The van der Waals surface area contributed by atoms with E-state index in [0.717, 1.165) is 11.4 Å². The maximum Gasteiger partial charge on any atom is 0.304 e. The van der Waals surface area contributed by atoms with Gasteiger partial charge in [0.15, 0.2) is 0 Å². The summed E-state index contributed by atoms with van der Waals surface area (Å²) in [6, 6.07) is 9.91. The molecule has 2 rings (SSSR count). The number of nitrogens with zero attached hydrogens (tertiary/aromatic N) is 2. The molecule has 1 aromatic heterocycles. The van der Waals surface area contributed by atoms with Crippen LogP contribution in [0.2, 0.25) is 0 Å². The summed E-state index contributed by atoms with van der Waals surface area (Å²) in [5, 5.41) is 9.01. The molecule has 2 aromatic rings. The van der Waals surface area contributed by atoms with Gasteiger partial charge in [0, 0.05) is 25.4 Å². The van der Waals surface area contributed by atoms with E-state index >= 15 is 0 Å². The molecule has 0 saturated heterocycles. The zero-order valence-electron chi connectivity index (χ0n) is 10.3. The molecule has 4 heteroatoms. The third kappa shape index (κ3) is 2.97. The third-order valence-electron chi connectivity index (χ3n) is 2.97. The Kier molecular flexibility index (Phi) is 3.77. The Morgan fingerprint density at radius 1 is 1.39 bits per heavy atom. The van der Waals surface area contributed by atoms with Crippen LogP contribution in [0.3, 0.4) is 0 Å². The van der Waals surface area contributed by atoms with Gasteiger partial charge >= 0.3 is 5.97 Å². The lowest BCUT2D eigenvalue weighted by atomic mass is 9.95. The Labute approximate surface area is 106 Å². The third-order valence-corrected chi connectivity index (χ3v) is 2.97. The normalized spacial score (nSPS) is 12.3. The van der Waals surface area contributed by atoms with E-state index in [1.54, 1.807) is 6.20 Å². The fourth-order valence-corrected chi connectivity index (χ4v) is 2.13. The quantitative estimate of drug-likeness (QED) is 0.877. The van der Waals surface area contributed by atoms with Crippen LogP contribution < -0.4 is 0 Å². The summed E-state index contributed by atoms with van der Waals surface area (Å²) in [4.78, 5) is 15.2. The van der Waals surface area contributed by atoms with Crippen molar-refractivity contribution in [2.75, 3.05) is 0 Å². The standard InChI is InChI=1S/C14H16N2O2/c1-16-8-7-15-14(16)12(10-13(17)18)9-11-5-3-2-4-6-11/h2-8,12H,9-10H2,1H3,(H,17,18). The minimum absolute atomic E-state index is 0.0927. The van der Waals surface area contributed by atoms with Gasteiger partial charge in [-0.05, 0) is 12.0 Å². The Balaban J connectivity index is 2.21. The molecule has 0 saturated carbocycles. The summed E-state index contributed by atoms with van der Waals surface area (Å²) in [5.74, 6) is -0.0647. The lowest BCUT2D eigenvalue weighted by molar-refractivity contribution is -0.137. The summed E-state index contributed by atoms with van der Waals surface area (Å²) in [6.07, 6.45) is 4.34. The van der Waals surface area contributed by atoms with Gasteiger partial charge in [0.1, 0.15) is 5.82 Å². The molecule has 0 aliphatic rings. The van der Waals surface area contributed by atoms with Crippen LogP contribution in [0.15, 0.2) is 42.7 Å². The van der Waals surface area contributed by atoms with Crippen LogP contribution in [0.5, 0.6) is 0 Å². The minimum atomic E-state index is -0.793. The highest BCUT2D eigenvalue weighted by Gasteiger charge is 2.19. The number of hydrogen-bond acceptors (Lipinski definition) is 2. The summed E-state index contributed by atoms with van der Waals surface area (Å²) in [7, 11) is 1.89. The average Bonchev–Trinajstić information content (AvgIpc) is 2.75. The summed E-state index contributed by atoms with van der Waals surface area (Å²) in [5.41, 5.74) is 1.13. The van der Waals surface area contributed by atoms with E-state index < -0.39 is 5.97 Å². The van der Waals surface area contributed by atoms with Gasteiger partial charge in [0.25, 0.3) is 0 Å². The molecular formula is C14H16N2O2. The first-order chi connectivity index (χ1) is 8.66. The SMILES string of the molecule is Cn1ccnc1C(CC(=O)O)Cc1ccccc1. The number of carbonyl (C=O) groups is 1. The first-order valence-corrected chi connectivity index (χ1v) is 5.89. The molecule has 1 atom stereocenters. The van der Waals surface area contributed by atoms with Gasteiger partial charge in [0.2, 0.25) is 0 Å². The van der Waals surface area contributed by atoms with Crippen molar-refractivity contribution < 1.29 is 9.90 Å². The van der Waals surface area contributed by atoms with Crippen molar-refractivity contribution >= 4 is 5.97 Å². The second-order valence-electron chi connectivity index (χ2n) is 4.38. The number of aryl methyl sites for hydroxylation is 1. The molecule has 0 amide bonds. The monoisotopic (exact) mass is 244 g/mol. The predicted molar refractivity (Wildman–Crippen MR) is 68.3 cm³/mol. The Morgan fingerprint density at radius 2 is 2.11 bits per heavy atom. The molecule has 0 bridgehead atoms. The highest BCUT2D eigenvalue weighted by Crippen LogP contribution is 2.22. The van der Waals surface area contributed by atoms with Gasteiger partial charge in [0.05, 0.1) is 6.42 Å². The van der Waals surface area contributed by atoms with Gasteiger partial charge in [-0.15, -0.1) is 0 Å². The fraction of sp³-hybridized carbons (Fsp3) is 0.286. The zero-order chi connectivity index (χ0) is 13.0. The molecule has 1 N–H and O–H groups in total. The maximum atomic E-state index is 11.0. The minimum Gasteiger partial charge on any atom is -0.481 e. The first-order valence-electron chi connectivity index (χ1n) is 5.89. The highest BCUT2D eigenvalue weighted by molar-refractivity contribution is 5.67. The number of carboxylic acids is 1. The van der Waals surface area contributed by atoms with Crippen LogP contribution in [-0.4, -0.2) is 20.6 Å². The van der Waals surface area contributed by atoms with Gasteiger partial charge in [-0.2, -0.15) is 0 Å². The second kappa shape index (κ2) is 5.49. The molecular weight excluding hydrogens is 228 g/mol. The van der Waals surface area contributed by atoms with E-state index in [-0.39, 0.29) is 12.3 Å². The Hall–Kier alpha value is -2.10. The maximum absolute atomic E-state index is 11.0. The molecule has 0 radical (unpaired) electrons. The summed E-state index contributed by atoms with van der Waals surface area (Å²) >= 11 is 0. The van der Waals surface area contributed by atoms with Crippen molar-refractivity contribution in [3.8, 4) is 0 Å². The van der Waals surface area contributed by atoms with E-state index in [2.05, 4.69) is 4.98 Å². The van der Waals surface area contributed by atoms with E-state index in [4.69, 9.17) is 5.11 Å². The van der Waals surface area contributed by atoms with Crippen LogP contribution in [0.4, 0.5) is 0 Å². The van der Waals surface area contributed by atoms with Crippen LogP contribution in [0.1, 0.15) is 23.7 Å². The molecule has 0 aliphatic heterocycles. The van der Waals surface area contributed by atoms with Crippen molar-refractivity contribution in [1.82, 2.24) is 9.55 Å². The highest BCUT2D eigenvalue weighted by atomic mass is 16.4. The zero-order valence-corrected chi connectivity index (χ0v) is 10.3. The molecule has 4 nitrogen and oxygen atoms in total. The van der Waals surface area contributed by atoms with E-state index in [0.29, 0.717) is 6.42 Å². The number of rotatable bonds is 5. The predicted octanol–water partition coefficient (Wildman–Crippen LogP) is 2.22. The molecule has 1 aromatic carbocycles. The van der Waals surface area contributed by atoms with Crippen molar-refractivity contribution in [3.63, 3.8) is 0 Å². The molecule has 1 unspecified atom stereocenters. The number of imidazole rings is 1. The topological polar surface area (TPSA) is 55.1 Å². The molecule has 0 fully saturated rings. The van der Waals surface area contributed by atoms with Crippen molar-refractivity contribution in [3.05, 3.63) is 54.1 Å². The van der Waals surface area contributed by atoms with Gasteiger partial charge in [-0.1, -0.05) is 30.3 Å². The van der Waals surface area contributed by atoms with Crippen molar-refractivity contribution in [2.24, 2.45) is 7.05 Å². The van der Waals surface area contributed by atoms with Crippen molar-refractivity contribution in [1.29, 1.82) is 0 Å². The number of aromatic nitrogens is 2. The van der Waals surface area contributed by atoms with E-state index in [1.807, 2.05) is 48.1 Å². The van der Waals surface area contributed by atoms with Crippen LogP contribution in [0, 0.1) is 0 Å². The smallest absolute Gasteiger partial charge is 0.304 e. The van der Waals surface area contributed by atoms with Gasteiger partial charge in [-0.25, -0.2) is 4.98 Å². The van der Waals surface area contributed by atoms with Gasteiger partial charge < -0.3 is 9.67 Å². The first kappa shape index (κ1) is 12.4. The molecule has 1 heterocycles. The second-order valence-corrected chi connectivity index (χ2v) is 4.38. The summed E-state index contributed by atoms with van der Waals surface area (Å²) < 4.78 is 1.89. The number of carboxylic acid groups (broad SMARTS) is 1. The molecule has 0 spiro atoms. The van der Waals surface area contributed by atoms with Crippen LogP contribution >= 0.6 is 0 Å². The summed E-state index contributed by atoms with van der Waals surface area (Å²) in [6.45, 7) is 0. The molecule has 18 heavy (non-hydrogen) atoms. The van der Waals surface area contributed by atoms with E-state index in [9.17, 15) is 4.79 Å². The largest absolute Gasteiger partial charge is 0.481 e. The fourth-order valence-electron chi connectivity index (χ4n) is 2.13. The molecule has 0 aliphatic carbocycles. The number of aliphatic carboxylic acids is 1. The van der Waals surface area contributed by atoms with Crippen LogP contribution in [0.25, 0.3) is 0 Å². The van der Waals surface area contributed by atoms with Crippen molar-refractivity contribution in [2.45, 2.75) is 18.8 Å².